The van der Waals surface area contributed by atoms with Gasteiger partial charge in [0.25, 0.3) is 5.91 Å². The van der Waals surface area contributed by atoms with E-state index >= 15 is 0 Å². The third kappa shape index (κ3) is 7.95. The highest BCUT2D eigenvalue weighted by atomic mass is 16.5. The number of nitrogens with zero attached hydrogens (tertiary/aromatic N) is 5. The molecule has 3 aliphatic rings. The van der Waals surface area contributed by atoms with Crippen LogP contribution in [0.4, 0.5) is 9.59 Å². The Hall–Kier alpha value is -6.80. The van der Waals surface area contributed by atoms with Crippen molar-refractivity contribution in [3.05, 3.63) is 120 Å². The molecular weight excluding hydrogens is 797 g/mol. The number of alkyl carbamates (subject to hydrolysis) is 1. The summed E-state index contributed by atoms with van der Waals surface area (Å²) in [5.41, 5.74) is 9.15. The van der Waals surface area contributed by atoms with Gasteiger partial charge in [0.05, 0.1) is 43.9 Å². The molecule has 0 spiro atoms. The smallest absolute Gasteiger partial charge is 0.424 e. The lowest BCUT2D eigenvalue weighted by Gasteiger charge is -2.39. The van der Waals surface area contributed by atoms with Crippen molar-refractivity contribution in [1.29, 1.82) is 0 Å². The van der Waals surface area contributed by atoms with Gasteiger partial charge >= 0.3 is 12.2 Å². The van der Waals surface area contributed by atoms with Crippen LogP contribution in [0.1, 0.15) is 86.1 Å². The van der Waals surface area contributed by atoms with Crippen LogP contribution < -0.4 is 5.32 Å². The summed E-state index contributed by atoms with van der Waals surface area (Å²) in [6, 6.07) is 26.8. The zero-order valence-corrected chi connectivity index (χ0v) is 36.0. The van der Waals surface area contributed by atoms with Crippen molar-refractivity contribution in [2.45, 2.75) is 76.5 Å². The second-order valence-electron chi connectivity index (χ2n) is 17.0. The van der Waals surface area contributed by atoms with Gasteiger partial charge in [0.1, 0.15) is 30.0 Å². The third-order valence-electron chi connectivity index (χ3n) is 12.8. The predicted molar refractivity (Wildman–Crippen MR) is 238 cm³/mol. The molecule has 9 rings (SSSR count). The zero-order valence-electron chi connectivity index (χ0n) is 36.0. The summed E-state index contributed by atoms with van der Waals surface area (Å²) in [7, 11) is 2.63. The Morgan fingerprint density at radius 2 is 1.54 bits per heavy atom. The van der Waals surface area contributed by atoms with Gasteiger partial charge in [-0.25, -0.2) is 29.6 Å². The van der Waals surface area contributed by atoms with Gasteiger partial charge in [0.15, 0.2) is 0 Å². The number of amides is 3. The number of fused-ring (bicyclic) bond motifs is 4. The average Bonchev–Trinajstić information content (AvgIpc) is 4.16. The van der Waals surface area contributed by atoms with Gasteiger partial charge < -0.3 is 34.5 Å². The summed E-state index contributed by atoms with van der Waals surface area (Å²) < 4.78 is 9.98. The van der Waals surface area contributed by atoms with Gasteiger partial charge in [-0.05, 0) is 89.6 Å². The molecule has 3 amide bonds. The van der Waals surface area contributed by atoms with E-state index in [1.54, 1.807) is 0 Å². The van der Waals surface area contributed by atoms with E-state index in [0.717, 1.165) is 107 Å². The van der Waals surface area contributed by atoms with E-state index in [9.17, 15) is 19.2 Å². The fourth-order valence-electron chi connectivity index (χ4n) is 9.57. The van der Waals surface area contributed by atoms with Gasteiger partial charge in [0.2, 0.25) is 0 Å². The van der Waals surface area contributed by atoms with E-state index in [4.69, 9.17) is 19.4 Å². The second-order valence-corrected chi connectivity index (χ2v) is 17.0. The van der Waals surface area contributed by atoms with Crippen molar-refractivity contribution in [2.75, 3.05) is 27.3 Å². The van der Waals surface area contributed by atoms with Crippen LogP contribution >= 0.6 is 0 Å². The van der Waals surface area contributed by atoms with E-state index in [2.05, 4.69) is 69.9 Å². The third-order valence-corrected chi connectivity index (χ3v) is 12.8. The van der Waals surface area contributed by atoms with Crippen LogP contribution in [0, 0.1) is 5.92 Å². The lowest BCUT2D eigenvalue weighted by atomic mass is 9.89. The van der Waals surface area contributed by atoms with Gasteiger partial charge in [-0.2, -0.15) is 0 Å². The molecule has 6 aromatic rings. The fourth-order valence-corrected chi connectivity index (χ4v) is 9.57. The highest BCUT2D eigenvalue weighted by molar-refractivity contribution is 5.91. The van der Waals surface area contributed by atoms with Gasteiger partial charge in [-0.15, -0.1) is 0 Å². The van der Waals surface area contributed by atoms with Crippen LogP contribution in [0.2, 0.25) is 0 Å². The minimum Gasteiger partial charge on any atom is -0.453 e. The number of H-pyrrole nitrogens is 2. The Kier molecular flexibility index (Phi) is 11.6. The maximum atomic E-state index is 14.1. The number of aryl methyl sites for hydroxylation is 2. The van der Waals surface area contributed by atoms with Crippen molar-refractivity contribution < 1.29 is 28.7 Å². The van der Waals surface area contributed by atoms with Crippen molar-refractivity contribution in [3.8, 4) is 33.6 Å². The van der Waals surface area contributed by atoms with E-state index in [1.165, 1.54) is 24.8 Å². The highest BCUT2D eigenvalue weighted by Crippen LogP contribution is 2.40. The summed E-state index contributed by atoms with van der Waals surface area (Å²) in [6.07, 6.45) is 6.35. The number of ether oxygens (including phenoxy) is 2. The first kappa shape index (κ1) is 41.5. The summed E-state index contributed by atoms with van der Waals surface area (Å²) in [5, 5.41) is 8.35. The number of likely N-dealkylation sites (tertiary alicyclic amines) is 1. The van der Waals surface area contributed by atoms with Crippen LogP contribution in [-0.2, 0) is 31.9 Å². The maximum Gasteiger partial charge on any atom is 0.424 e. The lowest BCUT2D eigenvalue weighted by molar-refractivity contribution is -0.134. The number of aldehydes is 1. The Bertz CT molecular complexity index is 2670. The van der Waals surface area contributed by atoms with Crippen molar-refractivity contribution in [3.63, 3.8) is 0 Å². The Morgan fingerprint density at radius 1 is 0.825 bits per heavy atom. The predicted octanol–water partition coefficient (Wildman–Crippen LogP) is 8.49. The van der Waals surface area contributed by atoms with E-state index in [-0.39, 0.29) is 23.9 Å². The van der Waals surface area contributed by atoms with Crippen LogP contribution in [0.3, 0.4) is 0 Å². The van der Waals surface area contributed by atoms with Crippen LogP contribution in [-0.4, -0.2) is 92.6 Å². The molecule has 0 bridgehead atoms. The molecule has 0 unspecified atom stereocenters. The van der Waals surface area contributed by atoms with E-state index < -0.39 is 24.3 Å². The minimum absolute atomic E-state index is 0.0886. The number of carbonyl (C=O) groups is 4. The SMILES string of the molecule is COC(=O)N[C@@H](C(=O)N1CCC[C@H]1c1nc2c([nH]1)CCc1cc(-c3ccc4cc(-c5cnc([C@@H]6CCCN6N(C(=O)OC)[C@H](C=O)C(C)C)[nH]5)ccc4c3)ccc1-2)c1ccccc1. The number of benzene rings is 4. The topological polar surface area (TPSA) is 166 Å². The van der Waals surface area contributed by atoms with Crippen molar-refractivity contribution >= 4 is 35.2 Å². The lowest BCUT2D eigenvalue weighted by Crippen LogP contribution is -2.54. The van der Waals surface area contributed by atoms with Crippen LogP contribution in [0.15, 0.2) is 91.1 Å². The number of nitrogens with one attached hydrogen (secondary N) is 3. The second kappa shape index (κ2) is 17.5. The summed E-state index contributed by atoms with van der Waals surface area (Å²) >= 11 is 0. The molecule has 2 aromatic heterocycles. The first-order chi connectivity index (χ1) is 30.6. The number of hydrogen-bond donors (Lipinski definition) is 3. The molecule has 0 saturated carbocycles. The molecule has 3 N–H and O–H groups in total. The number of hydrazine groups is 1. The van der Waals surface area contributed by atoms with Crippen LogP contribution in [0.5, 0.6) is 0 Å². The molecule has 2 fully saturated rings. The molecule has 4 atom stereocenters. The van der Waals surface area contributed by atoms with E-state index in [0.29, 0.717) is 18.7 Å². The highest BCUT2D eigenvalue weighted by Gasteiger charge is 2.41. The Balaban J connectivity index is 0.921. The molecule has 63 heavy (non-hydrogen) atoms. The molecule has 324 valence electrons. The first-order valence-corrected chi connectivity index (χ1v) is 21.8. The van der Waals surface area contributed by atoms with E-state index in [1.807, 2.05) is 60.3 Å². The summed E-state index contributed by atoms with van der Waals surface area (Å²) in [6.45, 7) is 5.02. The number of aromatic amines is 2. The summed E-state index contributed by atoms with van der Waals surface area (Å²) in [4.78, 5) is 70.3. The number of rotatable bonds is 11. The van der Waals surface area contributed by atoms with Crippen molar-refractivity contribution in [1.82, 2.24) is 40.2 Å². The van der Waals surface area contributed by atoms with Gasteiger partial charge in [-0.1, -0.05) is 86.6 Å². The number of hydrogen-bond acceptors (Lipinski definition) is 9. The Labute approximate surface area is 366 Å². The monoisotopic (exact) mass is 848 g/mol. The molecule has 2 saturated heterocycles. The number of carbonyl (C=O) groups excluding carboxylic acids is 4. The molecule has 4 aromatic carbocycles. The minimum atomic E-state index is -0.874. The van der Waals surface area contributed by atoms with Crippen LogP contribution in [0.25, 0.3) is 44.4 Å². The normalized spacial score (nSPS) is 18.1. The number of methoxy groups -OCH3 is 2. The molecule has 14 nitrogen and oxygen atoms in total. The quantitative estimate of drug-likeness (QED) is 0.108. The molecule has 2 aliphatic heterocycles. The standard InChI is InChI=1S/C49H52N8O6/c1-29(2)42(28-58)57(49(61)63-4)56-23-9-13-41(56)45-50-27-39(52-45)36-17-16-32-24-31(14-15-33(32)26-36)34-18-20-37-35(25-34)19-21-38-44(37)53-46(51-38)40-12-8-22-55(40)47(59)43(54-48(60)62-3)30-10-6-5-7-11-30/h5-7,10-11,14-18,20,24-29,40-43H,8-9,12-13,19,21-23H2,1-4H3,(H,50,52)(H,51,53)(H,54,60)/t40-,41-,42+,43+/m0/s1. The molecule has 0 radical (unpaired) electrons. The Morgan fingerprint density at radius 3 is 2.29 bits per heavy atom. The van der Waals surface area contributed by atoms with Crippen molar-refractivity contribution in [2.24, 2.45) is 5.92 Å². The molecular formula is C49H52N8O6. The largest absolute Gasteiger partial charge is 0.453 e. The molecule has 1 aliphatic carbocycles. The van der Waals surface area contributed by atoms with Gasteiger partial charge in [0, 0.05) is 29.9 Å². The fraction of sp³-hybridized carbons (Fsp3) is 0.347. The average molecular weight is 849 g/mol. The number of aromatic nitrogens is 4. The number of imidazole rings is 2. The zero-order chi connectivity index (χ0) is 43.8. The molecule has 4 heterocycles. The van der Waals surface area contributed by atoms with Gasteiger partial charge in [-0.3, -0.25) is 4.79 Å². The maximum absolute atomic E-state index is 14.1. The first-order valence-electron chi connectivity index (χ1n) is 21.8. The molecule has 14 heteroatoms. The summed E-state index contributed by atoms with van der Waals surface area (Å²) in [5.74, 6) is 1.23.